The number of aromatic nitrogens is 2. The molecule has 1 heterocycles. The maximum absolute atomic E-state index is 12.0. The Bertz CT molecular complexity index is 558. The number of alkyl carbamates (subject to hydrolysis) is 1. The standard InChI is InChI=1S/C16H27N3O4/c1-9(2)8-11(18-15(21)23-16(4,5)6)13-17-10(3)12(19-13)14(20)22-7/h9,11H,8H2,1-7H3,(H,17,19)(H,18,21). The van der Waals surface area contributed by atoms with Gasteiger partial charge in [0.25, 0.3) is 0 Å². The highest BCUT2D eigenvalue weighted by Crippen LogP contribution is 2.21. The summed E-state index contributed by atoms with van der Waals surface area (Å²) in [7, 11) is 1.31. The summed E-state index contributed by atoms with van der Waals surface area (Å²) in [4.78, 5) is 31.1. The van der Waals surface area contributed by atoms with E-state index in [0.717, 1.165) is 0 Å². The summed E-state index contributed by atoms with van der Waals surface area (Å²) in [6, 6.07) is -0.373. The second kappa shape index (κ2) is 7.48. The second-order valence-corrected chi connectivity index (χ2v) is 6.92. The zero-order chi connectivity index (χ0) is 17.8. The topological polar surface area (TPSA) is 93.3 Å². The van der Waals surface area contributed by atoms with Crippen LogP contribution in [0.2, 0.25) is 0 Å². The Balaban J connectivity index is 2.98. The fourth-order valence-corrected chi connectivity index (χ4v) is 2.10. The lowest BCUT2D eigenvalue weighted by molar-refractivity contribution is 0.0495. The molecule has 1 aromatic heterocycles. The first kappa shape index (κ1) is 19.0. The number of methoxy groups -OCH3 is 1. The van der Waals surface area contributed by atoms with Crippen molar-refractivity contribution in [3.05, 3.63) is 17.2 Å². The maximum Gasteiger partial charge on any atom is 0.408 e. The van der Waals surface area contributed by atoms with Crippen LogP contribution in [0.15, 0.2) is 0 Å². The molecule has 0 aromatic carbocycles. The number of H-pyrrole nitrogens is 1. The van der Waals surface area contributed by atoms with Crippen LogP contribution in [0.1, 0.15) is 69.1 Å². The molecule has 1 amide bonds. The first-order valence-corrected chi connectivity index (χ1v) is 7.67. The van der Waals surface area contributed by atoms with Gasteiger partial charge in [-0.3, -0.25) is 0 Å². The van der Waals surface area contributed by atoms with E-state index in [4.69, 9.17) is 9.47 Å². The molecule has 0 fully saturated rings. The van der Waals surface area contributed by atoms with Crippen LogP contribution in [-0.4, -0.2) is 34.7 Å². The quantitative estimate of drug-likeness (QED) is 0.811. The zero-order valence-corrected chi connectivity index (χ0v) is 14.9. The van der Waals surface area contributed by atoms with Gasteiger partial charge in [-0.2, -0.15) is 0 Å². The van der Waals surface area contributed by atoms with Crippen molar-refractivity contribution in [2.45, 2.75) is 59.6 Å². The molecule has 0 bridgehead atoms. The van der Waals surface area contributed by atoms with Crippen LogP contribution in [0.4, 0.5) is 4.79 Å². The van der Waals surface area contributed by atoms with Crippen LogP contribution in [0.5, 0.6) is 0 Å². The van der Waals surface area contributed by atoms with E-state index in [1.807, 2.05) is 13.8 Å². The summed E-state index contributed by atoms with van der Waals surface area (Å²) in [5.41, 5.74) is 0.247. The van der Waals surface area contributed by atoms with Crippen LogP contribution in [0, 0.1) is 12.8 Å². The summed E-state index contributed by atoms with van der Waals surface area (Å²) in [6.07, 6.45) is 0.143. The van der Waals surface area contributed by atoms with Gasteiger partial charge in [-0.15, -0.1) is 0 Å². The zero-order valence-electron chi connectivity index (χ0n) is 14.9. The number of hydrogen-bond acceptors (Lipinski definition) is 5. The summed E-state index contributed by atoms with van der Waals surface area (Å²) >= 11 is 0. The number of rotatable bonds is 5. The lowest BCUT2D eigenvalue weighted by Crippen LogP contribution is -2.36. The van der Waals surface area contributed by atoms with Crippen molar-refractivity contribution in [1.29, 1.82) is 0 Å². The van der Waals surface area contributed by atoms with E-state index in [0.29, 0.717) is 23.9 Å². The number of imidazole rings is 1. The van der Waals surface area contributed by atoms with Crippen molar-refractivity contribution in [1.82, 2.24) is 15.3 Å². The van der Waals surface area contributed by atoms with Gasteiger partial charge in [0.05, 0.1) is 13.2 Å². The average Bonchev–Trinajstić information content (AvgIpc) is 2.76. The predicted octanol–water partition coefficient (Wildman–Crippen LogP) is 3.12. The first-order valence-electron chi connectivity index (χ1n) is 7.67. The number of nitrogens with one attached hydrogen (secondary N) is 2. The highest BCUT2D eigenvalue weighted by atomic mass is 16.6. The van der Waals surface area contributed by atoms with E-state index in [1.165, 1.54) is 7.11 Å². The van der Waals surface area contributed by atoms with E-state index in [9.17, 15) is 9.59 Å². The highest BCUT2D eigenvalue weighted by molar-refractivity contribution is 5.88. The fourth-order valence-electron chi connectivity index (χ4n) is 2.10. The molecule has 23 heavy (non-hydrogen) atoms. The summed E-state index contributed by atoms with van der Waals surface area (Å²) in [5.74, 6) is 0.329. The van der Waals surface area contributed by atoms with Crippen molar-refractivity contribution < 1.29 is 19.1 Å². The molecule has 1 rings (SSSR count). The molecular formula is C16H27N3O4. The molecule has 1 aromatic rings. The third kappa shape index (κ3) is 5.92. The molecule has 1 atom stereocenters. The number of amides is 1. The lowest BCUT2D eigenvalue weighted by atomic mass is 10.0. The molecule has 0 aliphatic rings. The van der Waals surface area contributed by atoms with Gasteiger partial charge in [0, 0.05) is 5.69 Å². The largest absolute Gasteiger partial charge is 0.464 e. The van der Waals surface area contributed by atoms with Gasteiger partial charge in [0.15, 0.2) is 5.69 Å². The third-order valence-electron chi connectivity index (χ3n) is 3.01. The molecule has 0 saturated carbocycles. The van der Waals surface area contributed by atoms with Crippen LogP contribution in [0.3, 0.4) is 0 Å². The Morgan fingerprint density at radius 1 is 1.30 bits per heavy atom. The number of aromatic amines is 1. The number of nitrogens with zero attached hydrogens (tertiary/aromatic N) is 1. The molecule has 1 unspecified atom stereocenters. The SMILES string of the molecule is COC(=O)c1nc(C(CC(C)C)NC(=O)OC(C)(C)C)[nH]c1C. The first-order chi connectivity index (χ1) is 10.5. The van der Waals surface area contributed by atoms with Gasteiger partial charge in [0.2, 0.25) is 0 Å². The Morgan fingerprint density at radius 2 is 1.91 bits per heavy atom. The number of carbonyl (C=O) groups is 2. The number of aryl methyl sites for hydroxylation is 1. The molecule has 2 N–H and O–H groups in total. The minimum absolute atomic E-state index is 0.224. The molecule has 7 nitrogen and oxygen atoms in total. The second-order valence-electron chi connectivity index (χ2n) is 6.92. The summed E-state index contributed by atoms with van der Waals surface area (Å²) < 4.78 is 10.00. The molecule has 0 spiro atoms. The van der Waals surface area contributed by atoms with Crippen LogP contribution in [-0.2, 0) is 9.47 Å². The van der Waals surface area contributed by atoms with Gasteiger partial charge < -0.3 is 19.8 Å². The molecule has 130 valence electrons. The minimum Gasteiger partial charge on any atom is -0.464 e. The van der Waals surface area contributed by atoms with Crippen LogP contribution in [0.25, 0.3) is 0 Å². The van der Waals surface area contributed by atoms with Crippen LogP contribution < -0.4 is 5.32 Å². The molecule has 0 aliphatic heterocycles. The van der Waals surface area contributed by atoms with Crippen molar-refractivity contribution in [2.75, 3.05) is 7.11 Å². The third-order valence-corrected chi connectivity index (χ3v) is 3.01. The van der Waals surface area contributed by atoms with E-state index in [-0.39, 0.29) is 11.7 Å². The molecular weight excluding hydrogens is 298 g/mol. The smallest absolute Gasteiger partial charge is 0.408 e. The van der Waals surface area contributed by atoms with Crippen molar-refractivity contribution in [3.8, 4) is 0 Å². The van der Waals surface area contributed by atoms with Gasteiger partial charge in [-0.1, -0.05) is 13.8 Å². The van der Waals surface area contributed by atoms with E-state index >= 15 is 0 Å². The number of carbonyl (C=O) groups excluding carboxylic acids is 2. The fraction of sp³-hybridized carbons (Fsp3) is 0.688. The van der Waals surface area contributed by atoms with Crippen molar-refractivity contribution in [2.24, 2.45) is 5.92 Å². The average molecular weight is 325 g/mol. The minimum atomic E-state index is -0.581. The predicted molar refractivity (Wildman–Crippen MR) is 86.2 cm³/mol. The lowest BCUT2D eigenvalue weighted by Gasteiger charge is -2.23. The van der Waals surface area contributed by atoms with Gasteiger partial charge in [0.1, 0.15) is 11.4 Å². The normalized spacial score (nSPS) is 12.9. The molecule has 7 heteroatoms. The number of ether oxygens (including phenoxy) is 2. The van der Waals surface area contributed by atoms with Gasteiger partial charge in [-0.05, 0) is 40.0 Å². The molecule has 0 radical (unpaired) electrons. The highest BCUT2D eigenvalue weighted by Gasteiger charge is 2.25. The van der Waals surface area contributed by atoms with E-state index < -0.39 is 17.7 Å². The number of esters is 1. The summed E-state index contributed by atoms with van der Waals surface area (Å²) in [6.45, 7) is 11.2. The number of hydrogen-bond donors (Lipinski definition) is 2. The Kier molecular flexibility index (Phi) is 6.18. The van der Waals surface area contributed by atoms with Crippen molar-refractivity contribution >= 4 is 12.1 Å². The van der Waals surface area contributed by atoms with Crippen LogP contribution >= 0.6 is 0 Å². The molecule has 0 saturated heterocycles. The summed E-state index contributed by atoms with van der Waals surface area (Å²) in [5, 5.41) is 2.81. The van der Waals surface area contributed by atoms with E-state index in [2.05, 4.69) is 15.3 Å². The Hall–Kier alpha value is -2.05. The monoisotopic (exact) mass is 325 g/mol. The Labute approximate surface area is 137 Å². The van der Waals surface area contributed by atoms with E-state index in [1.54, 1.807) is 27.7 Å². The maximum atomic E-state index is 12.0. The van der Waals surface area contributed by atoms with Gasteiger partial charge in [-0.25, -0.2) is 14.6 Å². The Morgan fingerprint density at radius 3 is 2.39 bits per heavy atom. The molecule has 0 aliphatic carbocycles. The van der Waals surface area contributed by atoms with Crippen molar-refractivity contribution in [3.63, 3.8) is 0 Å². The van der Waals surface area contributed by atoms with Gasteiger partial charge >= 0.3 is 12.1 Å².